The van der Waals surface area contributed by atoms with E-state index < -0.39 is 0 Å². The summed E-state index contributed by atoms with van der Waals surface area (Å²) in [5.74, 6) is 1.69. The molecule has 0 heterocycles. The molecule has 0 aliphatic heterocycles. The van der Waals surface area contributed by atoms with E-state index in [2.05, 4.69) is 0 Å². The summed E-state index contributed by atoms with van der Waals surface area (Å²) in [6.45, 7) is 0. The minimum absolute atomic E-state index is 0.317. The van der Waals surface area contributed by atoms with Gasteiger partial charge in [-0.2, -0.15) is 0 Å². The van der Waals surface area contributed by atoms with Crippen LogP contribution in [0.1, 0.15) is 6.42 Å². The van der Waals surface area contributed by atoms with Gasteiger partial charge in [-0.3, -0.25) is 4.79 Å². The average molecular weight is 133 g/mol. The lowest BCUT2D eigenvalue weighted by Crippen LogP contribution is -1.93. The van der Waals surface area contributed by atoms with E-state index in [1.165, 1.54) is 0 Å². The fraction of sp³-hybridized carbons (Fsp3) is 0.125. The number of hydrogen-bond donors (Lipinski definition) is 0. The fourth-order valence-corrected chi connectivity index (χ4v) is 0.753. The highest BCUT2D eigenvalue weighted by Crippen LogP contribution is 2.13. The Morgan fingerprint density at radius 2 is 2.20 bits per heavy atom. The number of carbonyl (C=O) groups excluding carboxylic acids is 2. The van der Waals surface area contributed by atoms with Crippen LogP contribution < -0.4 is 0 Å². The van der Waals surface area contributed by atoms with E-state index in [1.54, 1.807) is 30.5 Å². The lowest BCUT2D eigenvalue weighted by molar-refractivity contribution is 0.559. The first-order chi connectivity index (χ1) is 4.88. The third-order valence-corrected chi connectivity index (χ3v) is 1.28. The van der Waals surface area contributed by atoms with Crippen molar-refractivity contribution < 1.29 is 9.59 Å². The molecule has 0 aromatic carbocycles. The molecule has 10 heavy (non-hydrogen) atoms. The van der Waals surface area contributed by atoms with Crippen LogP contribution >= 0.6 is 0 Å². The lowest BCUT2D eigenvalue weighted by atomic mass is 10.0. The van der Waals surface area contributed by atoms with Crippen LogP contribution in [0, 0.1) is 0 Å². The SMILES string of the molecule is O=[C]C1=CC=CCC1=C=O. The van der Waals surface area contributed by atoms with E-state index >= 15 is 0 Å². The Labute approximate surface area is 58.5 Å². The zero-order valence-electron chi connectivity index (χ0n) is 5.26. The molecular weight excluding hydrogens is 128 g/mol. The molecule has 0 N–H and O–H groups in total. The van der Waals surface area contributed by atoms with Crippen LogP contribution in [0.15, 0.2) is 29.4 Å². The Bertz CT molecular complexity index is 252. The molecule has 0 fully saturated rings. The summed E-state index contributed by atoms with van der Waals surface area (Å²) in [7, 11) is 0. The maximum Gasteiger partial charge on any atom is 0.234 e. The number of hydrogen-bond acceptors (Lipinski definition) is 2. The molecule has 0 bridgehead atoms. The minimum atomic E-state index is 0.317. The molecule has 0 aromatic rings. The molecule has 0 aromatic heterocycles. The van der Waals surface area contributed by atoms with Gasteiger partial charge in [0.25, 0.3) is 0 Å². The van der Waals surface area contributed by atoms with Gasteiger partial charge in [-0.1, -0.05) is 18.2 Å². The van der Waals surface area contributed by atoms with Crippen molar-refractivity contribution in [3.8, 4) is 0 Å². The van der Waals surface area contributed by atoms with Gasteiger partial charge in [-0.25, -0.2) is 4.79 Å². The molecule has 49 valence electrons. The van der Waals surface area contributed by atoms with E-state index in [-0.39, 0.29) is 0 Å². The van der Waals surface area contributed by atoms with Crippen LogP contribution in [0.3, 0.4) is 0 Å². The maximum atomic E-state index is 10.1. The Hall–Kier alpha value is -1.40. The highest BCUT2D eigenvalue weighted by atomic mass is 16.1. The topological polar surface area (TPSA) is 34.1 Å². The van der Waals surface area contributed by atoms with Gasteiger partial charge in [-0.05, 0) is 0 Å². The van der Waals surface area contributed by atoms with E-state index in [1.807, 2.05) is 0 Å². The predicted octanol–water partition coefficient (Wildman–Crippen LogP) is 0.740. The first-order valence-electron chi connectivity index (χ1n) is 2.88. The van der Waals surface area contributed by atoms with Crippen molar-refractivity contribution in [2.75, 3.05) is 0 Å². The molecule has 1 rings (SSSR count). The molecule has 0 saturated heterocycles. The zero-order valence-corrected chi connectivity index (χ0v) is 5.26. The highest BCUT2D eigenvalue weighted by molar-refractivity contribution is 5.87. The first kappa shape index (κ1) is 6.72. The largest absolute Gasteiger partial charge is 0.285 e. The van der Waals surface area contributed by atoms with E-state index in [4.69, 9.17) is 0 Å². The van der Waals surface area contributed by atoms with Crippen molar-refractivity contribution >= 4 is 12.2 Å². The zero-order chi connectivity index (χ0) is 7.40. The molecule has 0 spiro atoms. The molecule has 1 radical (unpaired) electrons. The van der Waals surface area contributed by atoms with Gasteiger partial charge in [0.05, 0.1) is 5.57 Å². The maximum absolute atomic E-state index is 10.1. The monoisotopic (exact) mass is 133 g/mol. The van der Waals surface area contributed by atoms with Gasteiger partial charge in [0, 0.05) is 12.0 Å². The smallest absolute Gasteiger partial charge is 0.234 e. The molecular formula is C8H5O2. The number of allylic oxidation sites excluding steroid dienone is 5. The van der Waals surface area contributed by atoms with Gasteiger partial charge < -0.3 is 0 Å². The van der Waals surface area contributed by atoms with Crippen LogP contribution in [-0.4, -0.2) is 12.2 Å². The Morgan fingerprint density at radius 3 is 2.70 bits per heavy atom. The van der Waals surface area contributed by atoms with Gasteiger partial charge in [0.2, 0.25) is 6.29 Å². The molecule has 0 saturated carbocycles. The third kappa shape index (κ3) is 1.12. The van der Waals surface area contributed by atoms with Crippen molar-refractivity contribution in [2.24, 2.45) is 0 Å². The second-order valence-corrected chi connectivity index (χ2v) is 1.90. The second-order valence-electron chi connectivity index (χ2n) is 1.90. The van der Waals surface area contributed by atoms with E-state index in [0.717, 1.165) is 0 Å². The molecule has 0 unspecified atom stereocenters. The van der Waals surface area contributed by atoms with Crippen LogP contribution in [0.2, 0.25) is 0 Å². The van der Waals surface area contributed by atoms with Crippen LogP contribution in [0.25, 0.3) is 0 Å². The second kappa shape index (κ2) is 2.95. The third-order valence-electron chi connectivity index (χ3n) is 1.28. The Kier molecular flexibility index (Phi) is 1.98. The van der Waals surface area contributed by atoms with Crippen molar-refractivity contribution in [3.63, 3.8) is 0 Å². The molecule has 0 atom stereocenters. The summed E-state index contributed by atoms with van der Waals surface area (Å²) < 4.78 is 0. The molecule has 1 aliphatic rings. The van der Waals surface area contributed by atoms with E-state index in [9.17, 15) is 9.59 Å². The quantitative estimate of drug-likeness (QED) is 0.494. The summed E-state index contributed by atoms with van der Waals surface area (Å²) in [5, 5.41) is 0. The molecule has 1 aliphatic carbocycles. The van der Waals surface area contributed by atoms with Gasteiger partial charge in [-0.15, -0.1) is 0 Å². The number of rotatable bonds is 1. The van der Waals surface area contributed by atoms with Crippen molar-refractivity contribution in [2.45, 2.75) is 6.42 Å². The van der Waals surface area contributed by atoms with Crippen LogP contribution in [0.5, 0.6) is 0 Å². The average Bonchev–Trinajstić information content (AvgIpc) is 2.04. The van der Waals surface area contributed by atoms with Crippen molar-refractivity contribution in [1.82, 2.24) is 0 Å². The Balaban J connectivity index is 3.02. The lowest BCUT2D eigenvalue weighted by Gasteiger charge is -1.99. The van der Waals surface area contributed by atoms with Gasteiger partial charge in [0.15, 0.2) is 0 Å². The molecule has 0 amide bonds. The van der Waals surface area contributed by atoms with Crippen LogP contribution in [0.4, 0.5) is 0 Å². The molecule has 2 heteroatoms. The van der Waals surface area contributed by atoms with Gasteiger partial charge >= 0.3 is 0 Å². The summed E-state index contributed by atoms with van der Waals surface area (Å²) >= 11 is 0. The van der Waals surface area contributed by atoms with E-state index in [0.29, 0.717) is 17.6 Å². The first-order valence-corrected chi connectivity index (χ1v) is 2.88. The standard InChI is InChI=1S/C8H5O2/c9-5-7-3-1-2-4-8(7)6-10/h1-3H,4H2. The predicted molar refractivity (Wildman–Crippen MR) is 36.7 cm³/mol. The Morgan fingerprint density at radius 1 is 1.40 bits per heavy atom. The van der Waals surface area contributed by atoms with Crippen molar-refractivity contribution in [1.29, 1.82) is 0 Å². The summed E-state index contributed by atoms with van der Waals surface area (Å²) in [6, 6.07) is 0. The minimum Gasteiger partial charge on any atom is -0.285 e. The van der Waals surface area contributed by atoms with Crippen LogP contribution in [-0.2, 0) is 9.59 Å². The summed E-state index contributed by atoms with van der Waals surface area (Å²) in [6.07, 6.45) is 7.22. The molecule has 2 nitrogen and oxygen atoms in total. The van der Waals surface area contributed by atoms with Crippen molar-refractivity contribution in [3.05, 3.63) is 29.4 Å². The normalized spacial score (nSPS) is 16.0. The fourth-order valence-electron chi connectivity index (χ4n) is 0.753. The summed E-state index contributed by atoms with van der Waals surface area (Å²) in [5.41, 5.74) is 0.704. The highest BCUT2D eigenvalue weighted by Gasteiger charge is 2.06. The summed E-state index contributed by atoms with van der Waals surface area (Å²) in [4.78, 5) is 20.2. The van der Waals surface area contributed by atoms with Gasteiger partial charge in [0.1, 0.15) is 5.94 Å².